The maximum absolute atomic E-state index is 12.8. The molecule has 7 rings (SSSR count). The third-order valence-electron chi connectivity index (χ3n) is 8.44. The van der Waals surface area contributed by atoms with Gasteiger partial charge in [0.15, 0.2) is 0 Å². The zero-order chi connectivity index (χ0) is 24.3. The summed E-state index contributed by atoms with van der Waals surface area (Å²) in [6.45, 7) is 5.18. The SMILES string of the molecule is Cn1c(=O)n2c3c4c(c(-c5ccc(OCCCN6CCC7(CC6)CC7)nc5)ccc4ncc31)OCC2. The van der Waals surface area contributed by atoms with Crippen molar-refractivity contribution in [3.8, 4) is 22.8 Å². The van der Waals surface area contributed by atoms with Gasteiger partial charge in [-0.05, 0) is 68.8 Å². The fourth-order valence-electron chi connectivity index (χ4n) is 5.97. The van der Waals surface area contributed by atoms with Gasteiger partial charge < -0.3 is 14.4 Å². The van der Waals surface area contributed by atoms with Crippen LogP contribution in [0.15, 0.2) is 41.5 Å². The Labute approximate surface area is 209 Å². The highest BCUT2D eigenvalue weighted by Gasteiger charge is 2.44. The summed E-state index contributed by atoms with van der Waals surface area (Å²) in [4.78, 5) is 24.5. The Morgan fingerprint density at radius 2 is 1.89 bits per heavy atom. The van der Waals surface area contributed by atoms with E-state index < -0.39 is 0 Å². The predicted octanol–water partition coefficient (Wildman–Crippen LogP) is 3.99. The maximum Gasteiger partial charge on any atom is 0.329 e. The highest BCUT2D eigenvalue weighted by Crippen LogP contribution is 2.53. The Balaban J connectivity index is 1.09. The number of hydrogen-bond acceptors (Lipinski definition) is 6. The van der Waals surface area contributed by atoms with E-state index in [1.165, 1.54) is 38.8 Å². The molecule has 1 aromatic carbocycles. The molecule has 0 N–H and O–H groups in total. The van der Waals surface area contributed by atoms with Gasteiger partial charge >= 0.3 is 5.69 Å². The molecule has 0 unspecified atom stereocenters. The Kier molecular flexibility index (Phi) is 5.06. The van der Waals surface area contributed by atoms with Crippen molar-refractivity contribution in [2.45, 2.75) is 38.6 Å². The molecule has 36 heavy (non-hydrogen) atoms. The molecular formula is C28H31N5O3. The normalized spacial score (nSPS) is 18.6. The van der Waals surface area contributed by atoms with Gasteiger partial charge in [0.25, 0.3) is 0 Å². The summed E-state index contributed by atoms with van der Waals surface area (Å²) in [5.74, 6) is 1.40. The number of piperidine rings is 1. The van der Waals surface area contributed by atoms with E-state index in [-0.39, 0.29) is 5.69 Å². The average molecular weight is 486 g/mol. The molecule has 8 heteroatoms. The predicted molar refractivity (Wildman–Crippen MR) is 139 cm³/mol. The second-order valence-electron chi connectivity index (χ2n) is 10.6. The molecule has 186 valence electrons. The molecule has 2 fully saturated rings. The number of likely N-dealkylation sites (tertiary alicyclic amines) is 1. The molecule has 8 nitrogen and oxygen atoms in total. The van der Waals surface area contributed by atoms with Gasteiger partial charge in [-0.1, -0.05) is 0 Å². The molecule has 2 aliphatic heterocycles. The highest BCUT2D eigenvalue weighted by molar-refractivity contribution is 6.09. The first-order chi connectivity index (χ1) is 17.6. The van der Waals surface area contributed by atoms with Crippen molar-refractivity contribution in [2.24, 2.45) is 12.5 Å². The number of nitrogens with zero attached hydrogens (tertiary/aromatic N) is 5. The monoisotopic (exact) mass is 485 g/mol. The average Bonchev–Trinajstić information content (AvgIpc) is 3.66. The molecule has 0 amide bonds. The number of aryl methyl sites for hydroxylation is 1. The Hall–Kier alpha value is -3.39. The Bertz CT molecular complexity index is 1510. The first kappa shape index (κ1) is 21.9. The van der Waals surface area contributed by atoms with E-state index in [1.54, 1.807) is 22.4 Å². The first-order valence-corrected chi connectivity index (χ1v) is 13.1. The number of ether oxygens (including phenoxy) is 2. The molecule has 1 saturated carbocycles. The van der Waals surface area contributed by atoms with Crippen LogP contribution in [-0.2, 0) is 13.6 Å². The molecular weight excluding hydrogens is 454 g/mol. The lowest BCUT2D eigenvalue weighted by atomic mass is 9.94. The summed E-state index contributed by atoms with van der Waals surface area (Å²) in [6.07, 6.45) is 10.3. The third-order valence-corrected chi connectivity index (χ3v) is 8.44. The largest absolute Gasteiger partial charge is 0.490 e. The van der Waals surface area contributed by atoms with Gasteiger partial charge in [-0.15, -0.1) is 0 Å². The number of aromatic nitrogens is 4. The second-order valence-corrected chi connectivity index (χ2v) is 10.6. The fraction of sp³-hybridized carbons (Fsp3) is 0.464. The van der Waals surface area contributed by atoms with Crippen LogP contribution in [0.1, 0.15) is 32.1 Å². The van der Waals surface area contributed by atoms with E-state index >= 15 is 0 Å². The summed E-state index contributed by atoms with van der Waals surface area (Å²) >= 11 is 0. The topological polar surface area (TPSA) is 74.4 Å². The molecule has 3 aliphatic rings. The lowest BCUT2D eigenvalue weighted by Crippen LogP contribution is -2.35. The lowest BCUT2D eigenvalue weighted by Gasteiger charge is -2.31. The van der Waals surface area contributed by atoms with Crippen molar-refractivity contribution in [1.29, 1.82) is 0 Å². The molecule has 1 spiro atoms. The standard InChI is InChI=1S/C28H31N5O3/c1-31-22-18-29-21-5-4-20(26-24(21)25(22)33(27(31)34)14-16-36-26)19-3-6-23(30-17-19)35-15-2-11-32-12-9-28(7-8-28)10-13-32/h3-6,17-18H,2,7-16H2,1H3. The van der Waals surface area contributed by atoms with Crippen molar-refractivity contribution in [2.75, 3.05) is 32.8 Å². The first-order valence-electron chi connectivity index (χ1n) is 13.1. The molecule has 1 aliphatic carbocycles. The summed E-state index contributed by atoms with van der Waals surface area (Å²) in [5.41, 5.74) is 5.10. The van der Waals surface area contributed by atoms with E-state index in [2.05, 4.69) is 14.9 Å². The number of pyridine rings is 2. The van der Waals surface area contributed by atoms with E-state index in [0.29, 0.717) is 25.6 Å². The van der Waals surface area contributed by atoms with Gasteiger partial charge in [-0.3, -0.25) is 14.1 Å². The smallest absolute Gasteiger partial charge is 0.329 e. The zero-order valence-electron chi connectivity index (χ0n) is 20.7. The van der Waals surface area contributed by atoms with Gasteiger partial charge in [0.1, 0.15) is 12.4 Å². The van der Waals surface area contributed by atoms with Crippen molar-refractivity contribution < 1.29 is 9.47 Å². The van der Waals surface area contributed by atoms with Crippen LogP contribution >= 0.6 is 0 Å². The van der Waals surface area contributed by atoms with Gasteiger partial charge in [0.2, 0.25) is 5.88 Å². The van der Waals surface area contributed by atoms with Crippen molar-refractivity contribution >= 4 is 21.9 Å². The van der Waals surface area contributed by atoms with E-state index in [0.717, 1.165) is 57.2 Å². The minimum Gasteiger partial charge on any atom is -0.490 e. The van der Waals surface area contributed by atoms with E-state index in [9.17, 15) is 4.79 Å². The van der Waals surface area contributed by atoms with Gasteiger partial charge in [0, 0.05) is 37.0 Å². The van der Waals surface area contributed by atoms with Crippen LogP contribution < -0.4 is 15.2 Å². The van der Waals surface area contributed by atoms with Crippen LogP contribution in [0, 0.1) is 5.41 Å². The highest BCUT2D eigenvalue weighted by atomic mass is 16.5. The van der Waals surface area contributed by atoms with Gasteiger partial charge in [0.05, 0.1) is 41.3 Å². The number of hydrogen-bond donors (Lipinski definition) is 0. The molecule has 3 aromatic heterocycles. The van der Waals surface area contributed by atoms with Crippen molar-refractivity contribution in [1.82, 2.24) is 24.0 Å². The summed E-state index contributed by atoms with van der Waals surface area (Å²) < 4.78 is 15.6. The second kappa shape index (κ2) is 8.34. The molecule has 1 saturated heterocycles. The third kappa shape index (κ3) is 3.58. The number of imidazole rings is 1. The zero-order valence-corrected chi connectivity index (χ0v) is 20.7. The maximum atomic E-state index is 12.8. The summed E-state index contributed by atoms with van der Waals surface area (Å²) in [5, 5.41) is 0.880. The van der Waals surface area contributed by atoms with Crippen LogP contribution in [0.5, 0.6) is 11.6 Å². The Morgan fingerprint density at radius 3 is 2.67 bits per heavy atom. The van der Waals surface area contributed by atoms with Crippen molar-refractivity contribution in [3.05, 3.63) is 47.1 Å². The molecule has 0 atom stereocenters. The number of rotatable bonds is 6. The quantitative estimate of drug-likeness (QED) is 0.385. The molecule has 0 bridgehead atoms. The van der Waals surface area contributed by atoms with Crippen LogP contribution in [0.3, 0.4) is 0 Å². The fourth-order valence-corrected chi connectivity index (χ4v) is 5.97. The minimum absolute atomic E-state index is 0.0450. The van der Waals surface area contributed by atoms with Crippen LogP contribution in [0.2, 0.25) is 0 Å². The van der Waals surface area contributed by atoms with Gasteiger partial charge in [-0.25, -0.2) is 9.78 Å². The summed E-state index contributed by atoms with van der Waals surface area (Å²) in [7, 11) is 1.79. The lowest BCUT2D eigenvalue weighted by molar-refractivity contribution is 0.160. The minimum atomic E-state index is -0.0450. The molecule has 4 aromatic rings. The van der Waals surface area contributed by atoms with Crippen LogP contribution in [0.4, 0.5) is 0 Å². The summed E-state index contributed by atoms with van der Waals surface area (Å²) in [6, 6.07) is 7.97. The number of benzene rings is 1. The molecule has 5 heterocycles. The molecule has 0 radical (unpaired) electrons. The van der Waals surface area contributed by atoms with Gasteiger partial charge in [-0.2, -0.15) is 0 Å². The van der Waals surface area contributed by atoms with E-state index in [4.69, 9.17) is 9.47 Å². The van der Waals surface area contributed by atoms with Crippen LogP contribution in [-0.4, -0.2) is 56.9 Å². The van der Waals surface area contributed by atoms with Crippen molar-refractivity contribution in [3.63, 3.8) is 0 Å². The van der Waals surface area contributed by atoms with Crippen LogP contribution in [0.25, 0.3) is 33.1 Å². The van der Waals surface area contributed by atoms with E-state index in [1.807, 2.05) is 30.5 Å². The Morgan fingerprint density at radius 1 is 1.03 bits per heavy atom.